The van der Waals surface area contributed by atoms with Gasteiger partial charge in [0.15, 0.2) is 0 Å². The Labute approximate surface area is 197 Å². The average Bonchev–Trinajstić information content (AvgIpc) is 3.25. The highest BCUT2D eigenvalue weighted by atomic mass is 35.5. The van der Waals surface area contributed by atoms with Crippen molar-refractivity contribution >= 4 is 34.1 Å². The minimum atomic E-state index is -0.203. The van der Waals surface area contributed by atoms with Gasteiger partial charge >= 0.3 is 0 Å². The third-order valence-electron chi connectivity index (χ3n) is 5.47. The molecule has 0 spiro atoms. The fourth-order valence-electron chi connectivity index (χ4n) is 3.74. The number of methoxy groups -OCH3 is 2. The molecule has 6 heteroatoms. The van der Waals surface area contributed by atoms with Crippen LogP contribution in [0.5, 0.6) is 11.5 Å². The number of para-hydroxylation sites is 1. The summed E-state index contributed by atoms with van der Waals surface area (Å²) in [5.41, 5.74) is 5.13. The molecule has 168 valence electrons. The average molecular weight is 462 g/mol. The molecule has 0 aliphatic rings. The Kier molecular flexibility index (Phi) is 6.71. The van der Waals surface area contributed by atoms with E-state index in [-0.39, 0.29) is 5.91 Å². The lowest BCUT2D eigenvalue weighted by molar-refractivity contribution is -0.116. The molecule has 5 nitrogen and oxygen atoms in total. The van der Waals surface area contributed by atoms with Crippen molar-refractivity contribution in [3.63, 3.8) is 0 Å². The topological polar surface area (TPSA) is 60.7 Å². The predicted octanol–water partition coefficient (Wildman–Crippen LogP) is 6.49. The summed E-state index contributed by atoms with van der Waals surface area (Å²) in [6.45, 7) is 2.25. The molecule has 1 heterocycles. The molecule has 4 rings (SSSR count). The van der Waals surface area contributed by atoms with Crippen LogP contribution in [0.4, 0.5) is 0 Å². The van der Waals surface area contributed by atoms with Crippen LogP contribution in [0.1, 0.15) is 18.1 Å². The lowest BCUT2D eigenvalue weighted by Crippen LogP contribution is -2.21. The lowest BCUT2D eigenvalue weighted by atomic mass is 9.99. The van der Waals surface area contributed by atoms with Gasteiger partial charge in [-0.2, -0.15) is 0 Å². The van der Waals surface area contributed by atoms with Gasteiger partial charge in [0.05, 0.1) is 20.5 Å². The molecule has 0 saturated heterocycles. The van der Waals surface area contributed by atoms with Gasteiger partial charge in [-0.15, -0.1) is 0 Å². The van der Waals surface area contributed by atoms with E-state index in [9.17, 15) is 4.79 Å². The summed E-state index contributed by atoms with van der Waals surface area (Å²) in [5, 5.41) is 4.52. The smallest absolute Gasteiger partial charge is 0.244 e. The minimum Gasteiger partial charge on any atom is -0.496 e. The summed E-state index contributed by atoms with van der Waals surface area (Å²) < 4.78 is 16.7. The van der Waals surface area contributed by atoms with E-state index in [0.29, 0.717) is 22.9 Å². The number of carbonyl (C=O) groups excluding carboxylic acids is 1. The maximum atomic E-state index is 12.6. The highest BCUT2D eigenvalue weighted by Gasteiger charge is 2.15. The Morgan fingerprint density at radius 3 is 2.48 bits per heavy atom. The molecular formula is C27H24ClNO4. The number of ether oxygens (including phenoxy) is 2. The first-order valence-corrected chi connectivity index (χ1v) is 10.8. The van der Waals surface area contributed by atoms with E-state index in [1.165, 1.54) is 0 Å². The highest BCUT2D eigenvalue weighted by molar-refractivity contribution is 6.30. The summed E-state index contributed by atoms with van der Waals surface area (Å²) in [6, 6.07) is 19.0. The quantitative estimate of drug-likeness (QED) is 0.319. The molecule has 33 heavy (non-hydrogen) atoms. The third kappa shape index (κ3) is 4.89. The van der Waals surface area contributed by atoms with Crippen LogP contribution in [0.2, 0.25) is 5.02 Å². The maximum Gasteiger partial charge on any atom is 0.244 e. The van der Waals surface area contributed by atoms with Crippen molar-refractivity contribution in [2.75, 3.05) is 14.2 Å². The number of halogens is 1. The van der Waals surface area contributed by atoms with E-state index >= 15 is 0 Å². The van der Waals surface area contributed by atoms with Crippen molar-refractivity contribution in [2.24, 2.45) is 0 Å². The number of allylic oxidation sites excluding steroid dienone is 1. The molecule has 0 radical (unpaired) electrons. The zero-order valence-corrected chi connectivity index (χ0v) is 19.4. The van der Waals surface area contributed by atoms with E-state index in [4.69, 9.17) is 25.5 Å². The predicted molar refractivity (Wildman–Crippen MR) is 132 cm³/mol. The second-order valence-electron chi connectivity index (χ2n) is 7.56. The van der Waals surface area contributed by atoms with E-state index in [2.05, 4.69) is 5.32 Å². The molecule has 0 atom stereocenters. The molecule has 0 unspecified atom stereocenters. The Morgan fingerprint density at radius 2 is 1.76 bits per heavy atom. The van der Waals surface area contributed by atoms with Crippen LogP contribution in [0, 0.1) is 0 Å². The number of hydrogen-bond acceptors (Lipinski definition) is 4. The molecule has 0 fully saturated rings. The van der Waals surface area contributed by atoms with Crippen LogP contribution < -0.4 is 14.8 Å². The molecule has 0 saturated carbocycles. The summed E-state index contributed by atoms with van der Waals surface area (Å²) in [4.78, 5) is 12.6. The number of rotatable bonds is 7. The Bertz CT molecular complexity index is 1320. The van der Waals surface area contributed by atoms with E-state index in [1.54, 1.807) is 26.6 Å². The molecule has 1 amide bonds. The Hall–Kier alpha value is -3.70. The van der Waals surface area contributed by atoms with Gasteiger partial charge in [-0.05, 0) is 42.3 Å². The monoisotopic (exact) mass is 461 g/mol. The van der Waals surface area contributed by atoms with Crippen LogP contribution in [-0.4, -0.2) is 20.1 Å². The Morgan fingerprint density at radius 1 is 1.03 bits per heavy atom. The molecule has 1 N–H and O–H groups in total. The zero-order valence-electron chi connectivity index (χ0n) is 18.6. The van der Waals surface area contributed by atoms with Crippen molar-refractivity contribution in [3.8, 4) is 22.6 Å². The normalized spacial score (nSPS) is 11.5. The SMILES string of the molecule is COc1ccccc1CNC(=O)/C=C(\C)c1cc2c(-c3ccc(Cl)cc3)coc2cc1OC. The number of carbonyl (C=O) groups is 1. The number of benzene rings is 3. The number of hydrogen-bond donors (Lipinski definition) is 1. The van der Waals surface area contributed by atoms with Gasteiger partial charge in [0.2, 0.25) is 5.91 Å². The van der Waals surface area contributed by atoms with Crippen LogP contribution in [0.3, 0.4) is 0 Å². The van der Waals surface area contributed by atoms with Crippen molar-refractivity contribution in [1.29, 1.82) is 0 Å². The first-order chi connectivity index (χ1) is 16.0. The van der Waals surface area contributed by atoms with Crippen molar-refractivity contribution in [3.05, 3.63) is 89.2 Å². The molecular weight excluding hydrogens is 438 g/mol. The van der Waals surface area contributed by atoms with E-state index in [1.807, 2.05) is 67.6 Å². The van der Waals surface area contributed by atoms with Gasteiger partial charge in [0, 0.05) is 45.8 Å². The highest BCUT2D eigenvalue weighted by Crippen LogP contribution is 2.37. The fourth-order valence-corrected chi connectivity index (χ4v) is 3.87. The number of nitrogens with one attached hydrogen (secondary N) is 1. The fraction of sp³-hybridized carbons (Fsp3) is 0.148. The first kappa shape index (κ1) is 22.5. The van der Waals surface area contributed by atoms with Gasteiger partial charge in [0.25, 0.3) is 0 Å². The van der Waals surface area contributed by atoms with E-state index < -0.39 is 0 Å². The standard InChI is InChI=1S/C27H24ClNO4/c1-17(12-27(30)29-15-19-6-4-5-7-24(19)31-2)21-13-22-23(18-8-10-20(28)11-9-18)16-33-26(22)14-25(21)32-3/h4-14,16H,15H2,1-3H3,(H,29,30)/b17-12+. The summed E-state index contributed by atoms with van der Waals surface area (Å²) in [7, 11) is 3.21. The van der Waals surface area contributed by atoms with Crippen molar-refractivity contribution in [1.82, 2.24) is 5.32 Å². The number of fused-ring (bicyclic) bond motifs is 1. The van der Waals surface area contributed by atoms with Crippen LogP contribution >= 0.6 is 11.6 Å². The summed E-state index contributed by atoms with van der Waals surface area (Å²) >= 11 is 6.04. The van der Waals surface area contributed by atoms with Crippen LogP contribution in [0.25, 0.3) is 27.7 Å². The van der Waals surface area contributed by atoms with Crippen LogP contribution in [-0.2, 0) is 11.3 Å². The zero-order chi connectivity index (χ0) is 23.4. The molecule has 3 aromatic carbocycles. The van der Waals surface area contributed by atoms with Crippen molar-refractivity contribution in [2.45, 2.75) is 13.5 Å². The van der Waals surface area contributed by atoms with Gasteiger partial charge < -0.3 is 19.2 Å². The lowest BCUT2D eigenvalue weighted by Gasteiger charge is -2.11. The molecule has 4 aromatic rings. The number of furan rings is 1. The molecule has 0 aliphatic heterocycles. The largest absolute Gasteiger partial charge is 0.496 e. The summed E-state index contributed by atoms with van der Waals surface area (Å²) in [6.07, 6.45) is 3.29. The second kappa shape index (κ2) is 9.84. The van der Waals surface area contributed by atoms with Gasteiger partial charge in [-0.1, -0.05) is 41.9 Å². The first-order valence-electron chi connectivity index (χ1n) is 10.4. The van der Waals surface area contributed by atoms with Crippen LogP contribution in [0.15, 0.2) is 77.4 Å². The van der Waals surface area contributed by atoms with Gasteiger partial charge in [-0.3, -0.25) is 4.79 Å². The maximum absolute atomic E-state index is 12.6. The Balaban J connectivity index is 1.62. The third-order valence-corrected chi connectivity index (χ3v) is 5.72. The minimum absolute atomic E-state index is 0.203. The molecule has 0 aliphatic carbocycles. The van der Waals surface area contributed by atoms with Gasteiger partial charge in [-0.25, -0.2) is 0 Å². The van der Waals surface area contributed by atoms with Gasteiger partial charge in [0.1, 0.15) is 17.1 Å². The van der Waals surface area contributed by atoms with E-state index in [0.717, 1.165) is 39.0 Å². The molecule has 0 bridgehead atoms. The van der Waals surface area contributed by atoms with Crippen molar-refractivity contribution < 1.29 is 18.7 Å². The second-order valence-corrected chi connectivity index (χ2v) is 8.00. The molecule has 1 aromatic heterocycles. The number of amides is 1. The summed E-state index contributed by atoms with van der Waals surface area (Å²) in [5.74, 6) is 1.16.